The number of amides is 1. The summed E-state index contributed by atoms with van der Waals surface area (Å²) in [6.07, 6.45) is 0. The van der Waals surface area contributed by atoms with Crippen molar-refractivity contribution < 1.29 is 4.79 Å². The number of benzene rings is 4. The van der Waals surface area contributed by atoms with Crippen LogP contribution in [0.2, 0.25) is 0 Å². The van der Waals surface area contributed by atoms with Gasteiger partial charge in [0.15, 0.2) is 0 Å². The number of fused-ring (bicyclic) bond motifs is 1. The fourth-order valence-electron chi connectivity index (χ4n) is 4.73. The minimum absolute atomic E-state index is 0.268. The van der Waals surface area contributed by atoms with Gasteiger partial charge in [0.2, 0.25) is 0 Å². The van der Waals surface area contributed by atoms with E-state index in [1.807, 2.05) is 72.1 Å². The highest BCUT2D eigenvalue weighted by Gasteiger charge is 2.23. The summed E-state index contributed by atoms with van der Waals surface area (Å²) >= 11 is 3.06. The Kier molecular flexibility index (Phi) is 6.64. The van der Waals surface area contributed by atoms with Gasteiger partial charge in [0.05, 0.1) is 11.2 Å². The van der Waals surface area contributed by atoms with Crippen molar-refractivity contribution >= 4 is 40.1 Å². The third kappa shape index (κ3) is 4.57. The van der Waals surface area contributed by atoms with Gasteiger partial charge in [-0.05, 0) is 70.4 Å². The zero-order valence-corrected chi connectivity index (χ0v) is 22.1. The summed E-state index contributed by atoms with van der Waals surface area (Å²) in [5.41, 5.74) is 7.17. The van der Waals surface area contributed by atoms with Gasteiger partial charge < -0.3 is 0 Å². The molecule has 2 aromatic heterocycles. The molecule has 1 amide bonds. The van der Waals surface area contributed by atoms with Crippen LogP contribution in [0.5, 0.6) is 0 Å². The van der Waals surface area contributed by atoms with Crippen LogP contribution in [0.15, 0.2) is 125 Å². The Morgan fingerprint density at radius 1 is 0.821 bits per heavy atom. The van der Waals surface area contributed by atoms with Crippen LogP contribution in [-0.4, -0.2) is 9.88 Å². The summed E-state index contributed by atoms with van der Waals surface area (Å²) < 4.78 is 2.24. The number of aromatic nitrogens is 1. The standard InChI is InChI=1S/C32H19N3O2S2/c33-20-29-27(17-18-38-29)30-26-11-4-5-12-28(26)35(31(30)22-7-2-1-3-8-22)39-25-15-13-21(14-16-25)23-9-6-10-24(19-23)32(36)34-37/h1-19H. The van der Waals surface area contributed by atoms with Crippen LogP contribution in [0.3, 0.4) is 0 Å². The third-order valence-electron chi connectivity index (χ3n) is 6.49. The summed E-state index contributed by atoms with van der Waals surface area (Å²) in [5.74, 6) is -0.780. The highest BCUT2D eigenvalue weighted by molar-refractivity contribution is 7.98. The Bertz CT molecular complexity index is 1880. The lowest BCUT2D eigenvalue weighted by Crippen LogP contribution is -1.94. The van der Waals surface area contributed by atoms with Gasteiger partial charge in [-0.3, -0.25) is 8.77 Å². The maximum absolute atomic E-state index is 11.7. The topological polar surface area (TPSA) is 75.2 Å². The summed E-state index contributed by atoms with van der Waals surface area (Å²) in [7, 11) is 0. The van der Waals surface area contributed by atoms with E-state index in [9.17, 15) is 15.0 Å². The first-order valence-electron chi connectivity index (χ1n) is 12.1. The molecule has 0 bridgehead atoms. The second-order valence-electron chi connectivity index (χ2n) is 8.77. The van der Waals surface area contributed by atoms with Crippen LogP contribution in [0.25, 0.3) is 44.4 Å². The number of hydrogen-bond acceptors (Lipinski definition) is 5. The molecule has 7 heteroatoms. The Hall–Kier alpha value is -4.77. The maximum Gasteiger partial charge on any atom is 0.316 e. The molecule has 0 unspecified atom stereocenters. The summed E-state index contributed by atoms with van der Waals surface area (Å²) in [4.78, 5) is 24.1. The fraction of sp³-hybridized carbons (Fsp3) is 0. The van der Waals surface area contributed by atoms with E-state index in [2.05, 4.69) is 39.5 Å². The molecule has 0 aliphatic carbocycles. The summed E-state index contributed by atoms with van der Waals surface area (Å²) in [6.45, 7) is 0. The molecule has 0 spiro atoms. The lowest BCUT2D eigenvalue weighted by molar-refractivity contribution is 0.100. The van der Waals surface area contributed by atoms with Crippen LogP contribution in [0.4, 0.5) is 0 Å². The minimum Gasteiger partial charge on any atom is -0.279 e. The van der Waals surface area contributed by atoms with Crippen molar-refractivity contribution in [3.8, 4) is 39.6 Å². The van der Waals surface area contributed by atoms with Gasteiger partial charge in [-0.1, -0.05) is 72.8 Å². The van der Waals surface area contributed by atoms with Gasteiger partial charge >= 0.3 is 5.91 Å². The predicted molar refractivity (Wildman–Crippen MR) is 159 cm³/mol. The number of hydrogen-bond donors (Lipinski definition) is 0. The highest BCUT2D eigenvalue weighted by atomic mass is 32.2. The van der Waals surface area contributed by atoms with Crippen LogP contribution >= 0.6 is 23.3 Å². The molecule has 0 fully saturated rings. The molecule has 0 aliphatic rings. The van der Waals surface area contributed by atoms with Gasteiger partial charge in [-0.15, -0.1) is 16.2 Å². The van der Waals surface area contributed by atoms with Crippen molar-refractivity contribution in [3.63, 3.8) is 0 Å². The molecule has 2 heterocycles. The molecule has 0 aliphatic heterocycles. The van der Waals surface area contributed by atoms with Crippen molar-refractivity contribution in [2.24, 2.45) is 5.18 Å². The van der Waals surface area contributed by atoms with Crippen LogP contribution in [0.1, 0.15) is 15.2 Å². The van der Waals surface area contributed by atoms with E-state index in [4.69, 9.17) is 0 Å². The van der Waals surface area contributed by atoms with Gasteiger partial charge in [-0.25, -0.2) is 0 Å². The maximum atomic E-state index is 11.7. The lowest BCUT2D eigenvalue weighted by Gasteiger charge is -2.12. The average Bonchev–Trinajstić information content (AvgIpc) is 3.60. The number of nitrogens with zero attached hydrogens (tertiary/aromatic N) is 3. The number of carbonyl (C=O) groups is 1. The molecule has 0 saturated carbocycles. The molecule has 5 nitrogen and oxygen atoms in total. The van der Waals surface area contributed by atoms with Gasteiger partial charge in [0.1, 0.15) is 10.9 Å². The monoisotopic (exact) mass is 541 g/mol. The lowest BCUT2D eigenvalue weighted by atomic mass is 9.99. The molecule has 0 saturated heterocycles. The molecule has 0 N–H and O–H groups in total. The normalized spacial score (nSPS) is 10.8. The number of rotatable bonds is 6. The third-order valence-corrected chi connectivity index (χ3v) is 8.36. The Labute approximate surface area is 233 Å². The van der Waals surface area contributed by atoms with Crippen LogP contribution < -0.4 is 0 Å². The molecule has 186 valence electrons. The van der Waals surface area contributed by atoms with Crippen LogP contribution in [-0.2, 0) is 0 Å². The number of thiophene rings is 1. The number of para-hydroxylation sites is 1. The number of carbonyl (C=O) groups excluding carboxylic acids is 1. The Morgan fingerprint density at radius 3 is 2.33 bits per heavy atom. The van der Waals surface area contributed by atoms with Gasteiger partial charge in [0.25, 0.3) is 0 Å². The van der Waals surface area contributed by atoms with Gasteiger partial charge in [0, 0.05) is 32.1 Å². The minimum atomic E-state index is -0.780. The predicted octanol–water partition coefficient (Wildman–Crippen LogP) is 9.04. The fourth-order valence-corrected chi connectivity index (χ4v) is 6.43. The molecule has 6 aromatic rings. The van der Waals surface area contributed by atoms with E-state index in [-0.39, 0.29) is 5.56 Å². The first-order chi connectivity index (χ1) is 19.2. The SMILES string of the molecule is N#Cc1sccc1-c1c(-c2ccccc2)n(Sc2ccc(-c3cccc(C(=O)N=O)c3)cc2)c2ccccc12. The van der Waals surface area contributed by atoms with E-state index in [1.165, 1.54) is 11.3 Å². The number of nitroso groups, excluding NO2 is 1. The molecule has 4 aromatic carbocycles. The molecule has 39 heavy (non-hydrogen) atoms. The molecular weight excluding hydrogens is 523 g/mol. The average molecular weight is 542 g/mol. The van der Waals surface area contributed by atoms with Crippen molar-refractivity contribution in [1.29, 1.82) is 5.26 Å². The largest absolute Gasteiger partial charge is 0.316 e. The van der Waals surface area contributed by atoms with E-state index >= 15 is 0 Å². The zero-order chi connectivity index (χ0) is 26.8. The first kappa shape index (κ1) is 24.6. The number of nitriles is 1. The van der Waals surface area contributed by atoms with E-state index in [1.54, 1.807) is 30.1 Å². The molecule has 0 atom stereocenters. The van der Waals surface area contributed by atoms with E-state index < -0.39 is 5.91 Å². The van der Waals surface area contributed by atoms with E-state index in [0.717, 1.165) is 49.3 Å². The van der Waals surface area contributed by atoms with Crippen molar-refractivity contribution in [2.45, 2.75) is 4.90 Å². The van der Waals surface area contributed by atoms with Crippen LogP contribution in [0, 0.1) is 16.2 Å². The molecule has 6 rings (SSSR count). The Balaban J connectivity index is 1.47. The van der Waals surface area contributed by atoms with E-state index in [0.29, 0.717) is 4.88 Å². The van der Waals surface area contributed by atoms with Crippen molar-refractivity contribution in [1.82, 2.24) is 3.97 Å². The van der Waals surface area contributed by atoms with Crippen molar-refractivity contribution in [2.75, 3.05) is 0 Å². The first-order valence-corrected chi connectivity index (χ1v) is 13.8. The quantitative estimate of drug-likeness (QED) is 0.197. The smallest absolute Gasteiger partial charge is 0.279 e. The Morgan fingerprint density at radius 2 is 1.56 bits per heavy atom. The second kappa shape index (κ2) is 10.5. The second-order valence-corrected chi connectivity index (χ2v) is 10.7. The summed E-state index contributed by atoms with van der Waals surface area (Å²) in [5, 5.41) is 15.4. The summed E-state index contributed by atoms with van der Waals surface area (Å²) in [6, 6.07) is 37.9. The molecular formula is C32H19N3O2S2. The molecule has 0 radical (unpaired) electrons. The highest BCUT2D eigenvalue weighted by Crippen LogP contribution is 2.46. The van der Waals surface area contributed by atoms with Crippen molar-refractivity contribution in [3.05, 3.63) is 130 Å². The van der Waals surface area contributed by atoms with Gasteiger partial charge in [-0.2, -0.15) is 5.26 Å². The zero-order valence-electron chi connectivity index (χ0n) is 20.4.